The zero-order valence-electron chi connectivity index (χ0n) is 35.1. The molecule has 0 saturated heterocycles. The third-order valence-electron chi connectivity index (χ3n) is 11.3. The highest BCUT2D eigenvalue weighted by molar-refractivity contribution is 5.86. The lowest BCUT2D eigenvalue weighted by molar-refractivity contribution is -0.153. The van der Waals surface area contributed by atoms with Crippen LogP contribution >= 0.6 is 12.4 Å². The molecule has 3 saturated carbocycles. The first-order valence-electron chi connectivity index (χ1n) is 20.0. The van der Waals surface area contributed by atoms with Crippen LogP contribution in [0.15, 0.2) is 54.6 Å². The largest absolute Gasteiger partial charge is 0.469 e. The molecule has 0 unspecified atom stereocenters. The van der Waals surface area contributed by atoms with Crippen LogP contribution in [0.25, 0.3) is 5.69 Å². The van der Waals surface area contributed by atoms with Gasteiger partial charge in [-0.2, -0.15) is 15.6 Å². The lowest BCUT2D eigenvalue weighted by atomic mass is 9.72. The SMILES string of the molecule is CC#N.CC1(C(=O)CC#N)CCCCC1.COC(=O)C1(C)CCCCC1.Cc1ccc(-n2nc(C3(C)CCCCC3)cc2N)cc1.Cc1ccc(NN)cc1.Cl. The minimum Gasteiger partial charge on any atom is -0.469 e. The van der Waals surface area contributed by atoms with Crippen molar-refractivity contribution in [2.45, 2.75) is 150 Å². The second kappa shape index (κ2) is 25.0. The van der Waals surface area contributed by atoms with Gasteiger partial charge in [0.2, 0.25) is 0 Å². The van der Waals surface area contributed by atoms with Gasteiger partial charge < -0.3 is 15.9 Å². The summed E-state index contributed by atoms with van der Waals surface area (Å²) < 4.78 is 6.62. The van der Waals surface area contributed by atoms with Gasteiger partial charge in [-0.25, -0.2) is 4.68 Å². The Kier molecular flexibility index (Phi) is 22.2. The number of rotatable bonds is 6. The zero-order valence-corrected chi connectivity index (χ0v) is 35.9. The fraction of sp³-hybridized carbons (Fsp3) is 0.578. The summed E-state index contributed by atoms with van der Waals surface area (Å²) in [5.41, 5.74) is 14.2. The van der Waals surface area contributed by atoms with Gasteiger partial charge in [-0.15, -0.1) is 12.4 Å². The van der Waals surface area contributed by atoms with Crippen molar-refractivity contribution in [1.29, 1.82) is 10.5 Å². The van der Waals surface area contributed by atoms with Crippen LogP contribution in [0.5, 0.6) is 0 Å². The van der Waals surface area contributed by atoms with Crippen molar-refractivity contribution in [3.8, 4) is 17.8 Å². The number of ether oxygens (including phenoxy) is 1. The maximum atomic E-state index is 11.5. The van der Waals surface area contributed by atoms with Crippen molar-refractivity contribution in [2.24, 2.45) is 16.7 Å². The minimum absolute atomic E-state index is 0. The smallest absolute Gasteiger partial charge is 0.311 e. The second-order valence-electron chi connectivity index (χ2n) is 16.0. The number of hydrazine groups is 1. The highest BCUT2D eigenvalue weighted by Gasteiger charge is 2.36. The average Bonchev–Trinajstić information content (AvgIpc) is 3.59. The predicted octanol–water partition coefficient (Wildman–Crippen LogP) is 10.8. The Morgan fingerprint density at radius 3 is 1.64 bits per heavy atom. The molecule has 1 aromatic heterocycles. The fourth-order valence-corrected chi connectivity index (χ4v) is 7.50. The highest BCUT2D eigenvalue weighted by Crippen LogP contribution is 2.40. The molecule has 0 aliphatic heterocycles. The molecule has 3 aliphatic rings. The van der Waals surface area contributed by atoms with Crippen molar-refractivity contribution < 1.29 is 14.3 Å². The number of hydrogen-bond acceptors (Lipinski definition) is 9. The quantitative estimate of drug-likeness (QED) is 0.125. The molecule has 1 heterocycles. The Morgan fingerprint density at radius 1 is 0.786 bits per heavy atom. The number of hydrogen-bond donors (Lipinski definition) is 3. The first-order valence-corrected chi connectivity index (χ1v) is 20.0. The molecule has 10 nitrogen and oxygen atoms in total. The van der Waals surface area contributed by atoms with Crippen LogP contribution in [0.2, 0.25) is 0 Å². The maximum absolute atomic E-state index is 11.5. The van der Waals surface area contributed by atoms with E-state index in [2.05, 4.69) is 49.6 Å². The van der Waals surface area contributed by atoms with Gasteiger partial charge in [-0.05, 0) is 83.6 Å². The van der Waals surface area contributed by atoms with Crippen molar-refractivity contribution in [3.05, 3.63) is 71.4 Å². The Balaban J connectivity index is 0.000000380. The second-order valence-corrected chi connectivity index (χ2v) is 16.0. The molecular formula is C45H68ClN7O3. The van der Waals surface area contributed by atoms with E-state index in [1.54, 1.807) is 6.07 Å². The van der Waals surface area contributed by atoms with E-state index in [9.17, 15) is 9.59 Å². The van der Waals surface area contributed by atoms with Crippen molar-refractivity contribution in [3.63, 3.8) is 0 Å². The number of nitrogen functional groups attached to an aromatic ring is 2. The first-order chi connectivity index (χ1) is 26.2. The van der Waals surface area contributed by atoms with E-state index in [4.69, 9.17) is 31.9 Å². The summed E-state index contributed by atoms with van der Waals surface area (Å²) in [5.74, 6) is 5.99. The summed E-state index contributed by atoms with van der Waals surface area (Å²) in [4.78, 5) is 22.8. The van der Waals surface area contributed by atoms with Crippen molar-refractivity contribution in [2.75, 3.05) is 18.3 Å². The lowest BCUT2D eigenvalue weighted by Gasteiger charge is -2.31. The van der Waals surface area contributed by atoms with E-state index in [-0.39, 0.29) is 46.8 Å². The first kappa shape index (κ1) is 49.6. The molecular weight excluding hydrogens is 722 g/mol. The number of Topliss-reactive ketones (excluding diaryl/α,β-unsaturated/α-hetero) is 1. The molecule has 0 atom stereocenters. The molecule has 2 aromatic carbocycles. The summed E-state index contributed by atoms with van der Waals surface area (Å²) in [7, 11) is 1.47. The van der Waals surface area contributed by atoms with Gasteiger partial charge in [0.15, 0.2) is 5.78 Å². The summed E-state index contributed by atoms with van der Waals surface area (Å²) in [6.45, 7) is 11.9. The zero-order chi connectivity index (χ0) is 40.9. The highest BCUT2D eigenvalue weighted by atomic mass is 35.5. The number of nitrogens with one attached hydrogen (secondary N) is 1. The van der Waals surface area contributed by atoms with Gasteiger partial charge in [0.1, 0.15) is 5.82 Å². The standard InChI is InChI=1S/C17H23N3.C10H15NO.C9H16O2.C7H10N2.C2H3N.ClH/c1-13-6-8-14(9-7-13)20-16(18)12-15(19-20)17(2)10-4-3-5-11-17;1-10(9(12)5-8-11)6-3-2-4-7-10;1-9(8(10)11-2)6-4-3-5-7-9;1-6-2-4-7(9-8)5-3-6;1-2-3;/h6-9,12H,3-5,10-11,18H2,1-2H3;2-7H2,1H3;3-7H2,1-2H3;2-5,9H,8H2,1H3;1H3;1H. The minimum atomic E-state index is -0.174. The molecule has 3 aromatic rings. The number of carbonyl (C=O) groups excluding carboxylic acids is 2. The molecule has 5 N–H and O–H groups in total. The Hall–Kier alpha value is -4.38. The molecule has 0 spiro atoms. The monoisotopic (exact) mass is 790 g/mol. The number of ketones is 1. The number of nitriles is 2. The van der Waals surface area contributed by atoms with Crippen LogP contribution in [-0.2, 0) is 19.7 Å². The number of aromatic nitrogens is 2. The molecule has 6 rings (SSSR count). The van der Waals surface area contributed by atoms with Crippen LogP contribution in [0.4, 0.5) is 11.5 Å². The maximum Gasteiger partial charge on any atom is 0.311 e. The topological polar surface area (TPSA) is 173 Å². The molecule has 3 fully saturated rings. The number of nitrogens with zero attached hydrogens (tertiary/aromatic N) is 4. The van der Waals surface area contributed by atoms with E-state index < -0.39 is 0 Å². The van der Waals surface area contributed by atoms with Crippen LogP contribution < -0.4 is 17.0 Å². The van der Waals surface area contributed by atoms with E-state index in [0.717, 1.165) is 61.4 Å². The molecule has 3 aliphatic carbocycles. The number of esters is 1. The number of nitrogens with two attached hydrogens (primary N) is 2. The van der Waals surface area contributed by atoms with E-state index in [1.807, 2.05) is 55.8 Å². The van der Waals surface area contributed by atoms with Crippen LogP contribution in [0.1, 0.15) is 147 Å². The summed E-state index contributed by atoms with van der Waals surface area (Å²) in [6.07, 6.45) is 17.6. The van der Waals surface area contributed by atoms with E-state index >= 15 is 0 Å². The predicted molar refractivity (Wildman–Crippen MR) is 230 cm³/mol. The van der Waals surface area contributed by atoms with Crippen LogP contribution in [0.3, 0.4) is 0 Å². The van der Waals surface area contributed by atoms with Gasteiger partial charge in [0.25, 0.3) is 0 Å². The molecule has 0 amide bonds. The van der Waals surface area contributed by atoms with Crippen molar-refractivity contribution in [1.82, 2.24) is 9.78 Å². The molecule has 308 valence electrons. The third-order valence-corrected chi connectivity index (χ3v) is 11.3. The Morgan fingerprint density at radius 2 is 1.21 bits per heavy atom. The third kappa shape index (κ3) is 15.6. The van der Waals surface area contributed by atoms with Gasteiger partial charge in [0, 0.05) is 29.5 Å². The lowest BCUT2D eigenvalue weighted by Crippen LogP contribution is -2.31. The van der Waals surface area contributed by atoms with Crippen LogP contribution in [0, 0.1) is 47.3 Å². The number of anilines is 2. The van der Waals surface area contributed by atoms with Gasteiger partial charge >= 0.3 is 5.97 Å². The molecule has 0 bridgehead atoms. The normalized spacial score (nSPS) is 17.1. The Bertz CT molecular complexity index is 1670. The number of carbonyl (C=O) groups is 2. The Labute approximate surface area is 343 Å². The molecule has 56 heavy (non-hydrogen) atoms. The fourth-order valence-electron chi connectivity index (χ4n) is 7.50. The summed E-state index contributed by atoms with van der Waals surface area (Å²) in [6, 6.07) is 22.0. The number of aryl methyl sites for hydroxylation is 2. The van der Waals surface area contributed by atoms with Crippen molar-refractivity contribution >= 4 is 35.7 Å². The average molecular weight is 791 g/mol. The number of methoxy groups -OCH3 is 1. The summed E-state index contributed by atoms with van der Waals surface area (Å²) >= 11 is 0. The number of benzene rings is 2. The summed E-state index contributed by atoms with van der Waals surface area (Å²) in [5, 5.41) is 20.5. The molecule has 0 radical (unpaired) electrons. The van der Waals surface area contributed by atoms with E-state index in [0.29, 0.717) is 0 Å². The van der Waals surface area contributed by atoms with Gasteiger partial charge in [0.05, 0.1) is 42.5 Å². The number of halogens is 1. The van der Waals surface area contributed by atoms with Crippen LogP contribution in [-0.4, -0.2) is 28.6 Å². The van der Waals surface area contributed by atoms with Gasteiger partial charge in [-0.1, -0.05) is 107 Å². The van der Waals surface area contributed by atoms with E-state index in [1.165, 1.54) is 82.9 Å². The van der Waals surface area contributed by atoms with Gasteiger partial charge in [-0.3, -0.25) is 15.4 Å². The molecule has 11 heteroatoms.